The molecule has 0 aromatic heterocycles. The molecular weight excluding hydrogens is 324 g/mol. The quantitative estimate of drug-likeness (QED) is 0.656. The lowest BCUT2D eigenvalue weighted by Crippen LogP contribution is -2.45. The predicted molar refractivity (Wildman–Crippen MR) is 93.5 cm³/mol. The maximum atomic E-state index is 12.4. The Morgan fingerprint density at radius 3 is 2.62 bits per heavy atom. The van der Waals surface area contributed by atoms with Crippen molar-refractivity contribution in [3.63, 3.8) is 0 Å². The molecule has 4 nitrogen and oxygen atoms in total. The van der Waals surface area contributed by atoms with E-state index < -0.39 is 10.0 Å². The second-order valence-corrected chi connectivity index (χ2v) is 10.4. The number of hydrogen-bond acceptors (Lipinski definition) is 5. The third-order valence-corrected chi connectivity index (χ3v) is 7.53. The summed E-state index contributed by atoms with van der Waals surface area (Å²) in [6.07, 6.45) is 0. The summed E-state index contributed by atoms with van der Waals surface area (Å²) >= 11 is 3.39. The van der Waals surface area contributed by atoms with E-state index in [1.54, 1.807) is 4.31 Å². The van der Waals surface area contributed by atoms with Gasteiger partial charge in [0.1, 0.15) is 0 Å². The normalized spacial score (nSPS) is 24.1. The van der Waals surface area contributed by atoms with Gasteiger partial charge >= 0.3 is 0 Å². The molecule has 0 aliphatic carbocycles. The number of hydrogen-bond donors (Lipinski definition) is 1. The van der Waals surface area contributed by atoms with E-state index in [1.807, 2.05) is 36.0 Å². The van der Waals surface area contributed by atoms with Crippen molar-refractivity contribution in [2.24, 2.45) is 0 Å². The third-order valence-electron chi connectivity index (χ3n) is 3.25. The molecule has 0 amide bonds. The summed E-state index contributed by atoms with van der Waals surface area (Å²) in [5.74, 6) is 0.731. The number of rotatable bonds is 5. The number of benzene rings is 1. The number of thioether (sulfide) groups is 2. The van der Waals surface area contributed by atoms with E-state index in [-0.39, 0.29) is 5.75 Å². The van der Waals surface area contributed by atoms with Gasteiger partial charge in [-0.3, -0.25) is 0 Å². The molecule has 1 aromatic rings. The average molecular weight is 347 g/mol. The summed E-state index contributed by atoms with van der Waals surface area (Å²) in [5.41, 5.74) is 6.43. The summed E-state index contributed by atoms with van der Waals surface area (Å²) in [6.45, 7) is 5.43. The lowest BCUT2D eigenvalue weighted by Gasteiger charge is -2.33. The Morgan fingerprint density at radius 2 is 2.00 bits per heavy atom. The molecule has 1 aliphatic heterocycles. The highest BCUT2D eigenvalue weighted by Gasteiger charge is 2.30. The first-order valence-electron chi connectivity index (χ1n) is 6.98. The molecule has 21 heavy (non-hydrogen) atoms. The van der Waals surface area contributed by atoms with Crippen LogP contribution in [0.25, 0.3) is 0 Å². The van der Waals surface area contributed by atoms with Crippen molar-refractivity contribution in [3.8, 4) is 0 Å². The molecule has 0 saturated carbocycles. The third kappa shape index (κ3) is 5.09. The number of sulfonamides is 1. The van der Waals surface area contributed by atoms with Crippen molar-refractivity contribution in [2.45, 2.75) is 29.2 Å². The molecule has 7 heteroatoms. The van der Waals surface area contributed by atoms with Crippen molar-refractivity contribution >= 4 is 39.2 Å². The standard InChI is InChI=1S/C14H22N2O2S3/c1-11-9-16(10-12(2)20-11)21(17,18)7-6-19-14-5-3-4-13(15)8-14/h3-5,8,11-12H,6-7,9-10,15H2,1-2H3. The maximum Gasteiger partial charge on any atom is 0.214 e. The first-order chi connectivity index (χ1) is 9.87. The number of nitrogen functional groups attached to an aromatic ring is 1. The highest BCUT2D eigenvalue weighted by Crippen LogP contribution is 2.27. The molecule has 118 valence electrons. The summed E-state index contributed by atoms with van der Waals surface area (Å²) in [4.78, 5) is 1.01. The lowest BCUT2D eigenvalue weighted by molar-refractivity contribution is 0.406. The maximum absolute atomic E-state index is 12.4. The predicted octanol–water partition coefficient (Wildman–Crippen LogP) is 2.52. The van der Waals surface area contributed by atoms with Gasteiger partial charge in [-0.05, 0) is 18.2 Å². The molecule has 0 bridgehead atoms. The van der Waals surface area contributed by atoms with Crippen LogP contribution in [0.5, 0.6) is 0 Å². The summed E-state index contributed by atoms with van der Waals surface area (Å²) in [5, 5.41) is 0.732. The zero-order chi connectivity index (χ0) is 15.5. The van der Waals surface area contributed by atoms with E-state index in [0.717, 1.165) is 4.90 Å². The topological polar surface area (TPSA) is 63.4 Å². The molecule has 0 spiro atoms. The molecule has 1 aromatic carbocycles. The molecule has 1 heterocycles. The smallest absolute Gasteiger partial charge is 0.214 e. The van der Waals surface area contributed by atoms with Gasteiger partial charge in [-0.2, -0.15) is 16.1 Å². The summed E-state index contributed by atoms with van der Waals surface area (Å²) in [6, 6.07) is 7.54. The first kappa shape index (κ1) is 17.0. The fraction of sp³-hybridized carbons (Fsp3) is 0.571. The van der Waals surface area contributed by atoms with E-state index in [1.165, 1.54) is 11.8 Å². The van der Waals surface area contributed by atoms with Gasteiger partial charge in [0.15, 0.2) is 0 Å². The van der Waals surface area contributed by atoms with Crippen molar-refractivity contribution in [2.75, 3.05) is 30.3 Å². The van der Waals surface area contributed by atoms with Gasteiger partial charge in [0, 0.05) is 39.9 Å². The SMILES string of the molecule is CC1CN(S(=O)(=O)CCSc2cccc(N)c2)CC(C)S1. The fourth-order valence-corrected chi connectivity index (χ4v) is 6.84. The van der Waals surface area contributed by atoms with E-state index >= 15 is 0 Å². The Hall–Kier alpha value is -0.370. The average Bonchev–Trinajstić information content (AvgIpc) is 2.37. The number of nitrogens with zero attached hydrogens (tertiary/aromatic N) is 1. The van der Waals surface area contributed by atoms with Crippen LogP contribution < -0.4 is 5.73 Å². The number of anilines is 1. The van der Waals surface area contributed by atoms with Crippen LogP contribution >= 0.6 is 23.5 Å². The molecule has 2 N–H and O–H groups in total. The summed E-state index contributed by atoms with van der Waals surface area (Å²) in [7, 11) is -3.16. The van der Waals surface area contributed by atoms with Crippen molar-refractivity contribution < 1.29 is 8.42 Å². The molecule has 2 atom stereocenters. The van der Waals surface area contributed by atoms with Crippen molar-refractivity contribution in [3.05, 3.63) is 24.3 Å². The zero-order valence-corrected chi connectivity index (χ0v) is 14.8. The largest absolute Gasteiger partial charge is 0.399 e. The van der Waals surface area contributed by atoms with Crippen LogP contribution in [0.3, 0.4) is 0 Å². The van der Waals surface area contributed by atoms with Gasteiger partial charge in [-0.15, -0.1) is 11.8 Å². The molecule has 2 unspecified atom stereocenters. The lowest BCUT2D eigenvalue weighted by atomic mass is 10.3. The van der Waals surface area contributed by atoms with Crippen LogP contribution in [0.15, 0.2) is 29.2 Å². The minimum Gasteiger partial charge on any atom is -0.399 e. The van der Waals surface area contributed by atoms with Gasteiger partial charge in [0.2, 0.25) is 10.0 Å². The van der Waals surface area contributed by atoms with Gasteiger partial charge < -0.3 is 5.73 Å². The van der Waals surface area contributed by atoms with Crippen molar-refractivity contribution in [1.82, 2.24) is 4.31 Å². The second kappa shape index (κ2) is 7.26. The van der Waals surface area contributed by atoms with Crippen LogP contribution in [-0.2, 0) is 10.0 Å². The van der Waals surface area contributed by atoms with E-state index in [0.29, 0.717) is 35.0 Å². The van der Waals surface area contributed by atoms with Gasteiger partial charge in [-0.25, -0.2) is 8.42 Å². The van der Waals surface area contributed by atoms with Crippen LogP contribution in [-0.4, -0.2) is 47.8 Å². The monoisotopic (exact) mass is 346 g/mol. The highest BCUT2D eigenvalue weighted by atomic mass is 32.2. The Kier molecular flexibility index (Phi) is 5.88. The molecule has 2 rings (SSSR count). The minimum atomic E-state index is -3.16. The first-order valence-corrected chi connectivity index (χ1v) is 10.5. The van der Waals surface area contributed by atoms with E-state index in [9.17, 15) is 8.42 Å². The Balaban J connectivity index is 1.89. The highest BCUT2D eigenvalue weighted by molar-refractivity contribution is 8.01. The molecule has 1 saturated heterocycles. The van der Waals surface area contributed by atoms with Crippen LogP contribution in [0.1, 0.15) is 13.8 Å². The van der Waals surface area contributed by atoms with Crippen molar-refractivity contribution in [1.29, 1.82) is 0 Å². The van der Waals surface area contributed by atoms with E-state index in [4.69, 9.17) is 5.73 Å². The van der Waals surface area contributed by atoms with Crippen LogP contribution in [0, 0.1) is 0 Å². The van der Waals surface area contributed by atoms with Gasteiger partial charge in [0.25, 0.3) is 0 Å². The minimum absolute atomic E-state index is 0.177. The van der Waals surface area contributed by atoms with Crippen LogP contribution in [0.4, 0.5) is 5.69 Å². The molecular formula is C14H22N2O2S3. The fourth-order valence-electron chi connectivity index (χ4n) is 2.36. The molecule has 0 radical (unpaired) electrons. The van der Waals surface area contributed by atoms with Crippen LogP contribution in [0.2, 0.25) is 0 Å². The molecule has 1 aliphatic rings. The van der Waals surface area contributed by atoms with Gasteiger partial charge in [0.05, 0.1) is 5.75 Å². The molecule has 1 fully saturated rings. The Labute approximate surface area is 135 Å². The number of nitrogens with two attached hydrogens (primary N) is 1. The zero-order valence-electron chi connectivity index (χ0n) is 12.4. The van der Waals surface area contributed by atoms with E-state index in [2.05, 4.69) is 13.8 Å². The second-order valence-electron chi connectivity index (χ2n) is 5.31. The summed E-state index contributed by atoms with van der Waals surface area (Å²) < 4.78 is 26.5. The Bertz CT molecular complexity index is 567. The Morgan fingerprint density at radius 1 is 1.33 bits per heavy atom. The van der Waals surface area contributed by atoms with Gasteiger partial charge in [-0.1, -0.05) is 19.9 Å².